The van der Waals surface area contributed by atoms with E-state index in [-0.39, 0.29) is 0 Å². The van der Waals surface area contributed by atoms with Gasteiger partial charge in [0.25, 0.3) is 0 Å². The number of imidazole rings is 1. The van der Waals surface area contributed by atoms with Crippen LogP contribution < -0.4 is 5.32 Å². The van der Waals surface area contributed by atoms with Gasteiger partial charge in [-0.05, 0) is 6.92 Å². The molecule has 0 aliphatic rings. The third-order valence-electron chi connectivity index (χ3n) is 1.98. The summed E-state index contributed by atoms with van der Waals surface area (Å²) in [5.41, 5.74) is 2.25. The number of anilines is 1. The van der Waals surface area contributed by atoms with Crippen LogP contribution in [0.25, 0.3) is 11.2 Å². The third kappa shape index (κ3) is 2.08. The molecular formula is C9H12N6O. The van der Waals surface area contributed by atoms with E-state index in [4.69, 9.17) is 0 Å². The van der Waals surface area contributed by atoms with Crippen LogP contribution in [0.3, 0.4) is 0 Å². The van der Waals surface area contributed by atoms with Crippen molar-refractivity contribution in [2.75, 3.05) is 19.0 Å². The lowest BCUT2D eigenvalue weighted by Crippen LogP contribution is -2.12. The Labute approximate surface area is 92.0 Å². The summed E-state index contributed by atoms with van der Waals surface area (Å²) < 4.78 is 0. The van der Waals surface area contributed by atoms with Gasteiger partial charge in [0.15, 0.2) is 11.5 Å². The molecule has 0 saturated carbocycles. The van der Waals surface area contributed by atoms with Crippen molar-refractivity contribution in [3.05, 3.63) is 12.7 Å². The monoisotopic (exact) mass is 220 g/mol. The van der Waals surface area contributed by atoms with Gasteiger partial charge in [-0.2, -0.15) is 0 Å². The van der Waals surface area contributed by atoms with Crippen LogP contribution in [0.5, 0.6) is 0 Å². The smallest absolute Gasteiger partial charge is 0.182 e. The van der Waals surface area contributed by atoms with Gasteiger partial charge < -0.3 is 15.1 Å². The van der Waals surface area contributed by atoms with Crippen molar-refractivity contribution in [1.29, 1.82) is 0 Å². The SMILES string of the molecule is CO/N=C(\C)CNc1ncnc2nc[nH]c12. The Hall–Kier alpha value is -2.18. The van der Waals surface area contributed by atoms with Crippen molar-refractivity contribution < 1.29 is 4.84 Å². The van der Waals surface area contributed by atoms with Crippen LogP contribution in [0.4, 0.5) is 5.82 Å². The molecule has 7 heteroatoms. The Morgan fingerprint density at radius 2 is 2.38 bits per heavy atom. The highest BCUT2D eigenvalue weighted by molar-refractivity contribution is 5.88. The quantitative estimate of drug-likeness (QED) is 0.587. The molecular weight excluding hydrogens is 208 g/mol. The molecule has 7 nitrogen and oxygen atoms in total. The van der Waals surface area contributed by atoms with Crippen molar-refractivity contribution in [1.82, 2.24) is 19.9 Å². The summed E-state index contributed by atoms with van der Waals surface area (Å²) >= 11 is 0. The van der Waals surface area contributed by atoms with Crippen molar-refractivity contribution in [2.45, 2.75) is 6.92 Å². The van der Waals surface area contributed by atoms with E-state index in [0.717, 1.165) is 11.2 Å². The molecule has 0 amide bonds. The molecule has 0 radical (unpaired) electrons. The topological polar surface area (TPSA) is 88.1 Å². The van der Waals surface area contributed by atoms with E-state index in [0.29, 0.717) is 18.0 Å². The number of nitrogens with zero attached hydrogens (tertiary/aromatic N) is 4. The van der Waals surface area contributed by atoms with Gasteiger partial charge in [0, 0.05) is 0 Å². The maximum atomic E-state index is 4.66. The Kier molecular flexibility index (Phi) is 2.95. The first-order chi connectivity index (χ1) is 7.81. The number of aromatic nitrogens is 4. The van der Waals surface area contributed by atoms with Crippen LogP contribution in [-0.4, -0.2) is 39.3 Å². The van der Waals surface area contributed by atoms with Crippen LogP contribution in [0.15, 0.2) is 17.8 Å². The second-order valence-corrected chi connectivity index (χ2v) is 3.19. The molecule has 2 aromatic rings. The molecule has 0 fully saturated rings. The summed E-state index contributed by atoms with van der Waals surface area (Å²) in [6, 6.07) is 0. The van der Waals surface area contributed by atoms with E-state index in [1.54, 1.807) is 6.33 Å². The molecule has 0 unspecified atom stereocenters. The predicted octanol–water partition coefficient (Wildman–Crippen LogP) is 0.787. The molecule has 0 saturated heterocycles. The molecule has 0 atom stereocenters. The zero-order valence-corrected chi connectivity index (χ0v) is 9.06. The van der Waals surface area contributed by atoms with Crippen LogP contribution in [0.2, 0.25) is 0 Å². The van der Waals surface area contributed by atoms with E-state index in [1.165, 1.54) is 13.4 Å². The number of rotatable bonds is 4. The van der Waals surface area contributed by atoms with Crippen LogP contribution >= 0.6 is 0 Å². The fourth-order valence-corrected chi connectivity index (χ4v) is 1.30. The molecule has 0 bridgehead atoms. The molecule has 0 aliphatic heterocycles. The molecule has 0 aliphatic carbocycles. The number of hydrogen-bond acceptors (Lipinski definition) is 6. The maximum absolute atomic E-state index is 4.66. The molecule has 0 aromatic carbocycles. The third-order valence-corrected chi connectivity index (χ3v) is 1.98. The van der Waals surface area contributed by atoms with Gasteiger partial charge in [-0.3, -0.25) is 0 Å². The maximum Gasteiger partial charge on any atom is 0.182 e. The lowest BCUT2D eigenvalue weighted by molar-refractivity contribution is 0.213. The molecule has 16 heavy (non-hydrogen) atoms. The largest absolute Gasteiger partial charge is 0.399 e. The molecule has 2 aromatic heterocycles. The minimum absolute atomic E-state index is 0.555. The fourth-order valence-electron chi connectivity index (χ4n) is 1.30. The average molecular weight is 220 g/mol. The van der Waals surface area contributed by atoms with Crippen molar-refractivity contribution in [3.8, 4) is 0 Å². The van der Waals surface area contributed by atoms with Crippen LogP contribution in [-0.2, 0) is 4.84 Å². The van der Waals surface area contributed by atoms with Gasteiger partial charge in [-0.25, -0.2) is 15.0 Å². The van der Waals surface area contributed by atoms with Gasteiger partial charge in [0.05, 0.1) is 18.6 Å². The average Bonchev–Trinajstić information content (AvgIpc) is 2.75. The number of fused-ring (bicyclic) bond motifs is 1. The number of oxime groups is 1. The van der Waals surface area contributed by atoms with Crippen LogP contribution in [0, 0.1) is 0 Å². The lowest BCUT2D eigenvalue weighted by Gasteiger charge is -2.04. The van der Waals surface area contributed by atoms with Crippen LogP contribution in [0.1, 0.15) is 6.92 Å². The molecule has 0 spiro atoms. The Balaban J connectivity index is 2.15. The molecule has 84 valence electrons. The van der Waals surface area contributed by atoms with Gasteiger partial charge >= 0.3 is 0 Å². The summed E-state index contributed by atoms with van der Waals surface area (Å²) in [6.07, 6.45) is 3.05. The minimum Gasteiger partial charge on any atom is -0.399 e. The Morgan fingerprint density at radius 1 is 1.50 bits per heavy atom. The van der Waals surface area contributed by atoms with Crippen molar-refractivity contribution >= 4 is 22.7 Å². The second-order valence-electron chi connectivity index (χ2n) is 3.19. The molecule has 2 N–H and O–H groups in total. The van der Waals surface area contributed by atoms with Gasteiger partial charge in [-0.15, -0.1) is 0 Å². The summed E-state index contributed by atoms with van der Waals surface area (Å²) in [6.45, 7) is 2.42. The number of aromatic amines is 1. The predicted molar refractivity (Wildman–Crippen MR) is 60.3 cm³/mol. The highest BCUT2D eigenvalue weighted by Crippen LogP contribution is 2.13. The van der Waals surface area contributed by atoms with Crippen molar-refractivity contribution in [2.24, 2.45) is 5.16 Å². The lowest BCUT2D eigenvalue weighted by atomic mass is 10.4. The van der Waals surface area contributed by atoms with Gasteiger partial charge in [0.2, 0.25) is 0 Å². The van der Waals surface area contributed by atoms with E-state index in [2.05, 4.69) is 35.2 Å². The second kappa shape index (κ2) is 4.56. The standard InChI is InChI=1S/C9H12N6O/c1-6(15-16-2)3-10-8-7-9(12-4-11-7)14-5-13-8/h4-5H,3H2,1-2H3,(H2,10,11,12,13,14)/b15-6+. The fraction of sp³-hybridized carbons (Fsp3) is 0.333. The van der Waals surface area contributed by atoms with E-state index < -0.39 is 0 Å². The normalized spacial score (nSPS) is 11.8. The van der Waals surface area contributed by atoms with Gasteiger partial charge in [-0.1, -0.05) is 5.16 Å². The zero-order valence-electron chi connectivity index (χ0n) is 9.06. The van der Waals surface area contributed by atoms with Gasteiger partial charge in [0.1, 0.15) is 19.0 Å². The first kappa shape index (κ1) is 10.3. The summed E-state index contributed by atoms with van der Waals surface area (Å²) in [7, 11) is 1.52. The molecule has 2 rings (SSSR count). The Morgan fingerprint density at radius 3 is 3.19 bits per heavy atom. The number of H-pyrrole nitrogens is 1. The highest BCUT2D eigenvalue weighted by atomic mass is 16.6. The summed E-state index contributed by atoms with van der Waals surface area (Å²) in [5.74, 6) is 0.702. The first-order valence-corrected chi connectivity index (χ1v) is 4.76. The van der Waals surface area contributed by atoms with E-state index >= 15 is 0 Å². The van der Waals surface area contributed by atoms with Crippen molar-refractivity contribution in [3.63, 3.8) is 0 Å². The molecule has 2 heterocycles. The zero-order chi connectivity index (χ0) is 11.4. The number of hydrogen-bond donors (Lipinski definition) is 2. The first-order valence-electron chi connectivity index (χ1n) is 4.76. The Bertz CT molecular complexity index is 505. The summed E-state index contributed by atoms with van der Waals surface area (Å²) in [5, 5.41) is 6.92. The minimum atomic E-state index is 0.555. The summed E-state index contributed by atoms with van der Waals surface area (Å²) in [4.78, 5) is 19.8. The number of nitrogens with one attached hydrogen (secondary N) is 2. The van der Waals surface area contributed by atoms with E-state index in [9.17, 15) is 0 Å². The highest BCUT2D eigenvalue weighted by Gasteiger charge is 2.04. The van der Waals surface area contributed by atoms with E-state index in [1.807, 2.05) is 6.92 Å².